The third-order valence-corrected chi connectivity index (χ3v) is 6.57. The van der Waals surface area contributed by atoms with Crippen LogP contribution in [0.3, 0.4) is 0 Å². The average molecular weight is 448 g/mol. The van der Waals surface area contributed by atoms with E-state index in [1.54, 1.807) is 4.52 Å². The first-order valence-electron chi connectivity index (χ1n) is 10.8. The van der Waals surface area contributed by atoms with Crippen LogP contribution in [0.2, 0.25) is 0 Å². The van der Waals surface area contributed by atoms with Gasteiger partial charge in [-0.2, -0.15) is 5.10 Å². The van der Waals surface area contributed by atoms with E-state index in [-0.39, 0.29) is 5.91 Å². The van der Waals surface area contributed by atoms with E-state index in [0.29, 0.717) is 11.4 Å². The van der Waals surface area contributed by atoms with Crippen molar-refractivity contribution in [3.05, 3.63) is 65.2 Å². The number of nitrogens with one attached hydrogen (secondary N) is 1. The highest BCUT2D eigenvalue weighted by Crippen LogP contribution is 2.28. The van der Waals surface area contributed by atoms with Crippen LogP contribution in [0.4, 0.5) is 0 Å². The van der Waals surface area contributed by atoms with Crippen molar-refractivity contribution >= 4 is 22.9 Å². The van der Waals surface area contributed by atoms with Crippen LogP contribution in [-0.2, 0) is 4.74 Å². The number of morpholine rings is 1. The van der Waals surface area contributed by atoms with Gasteiger partial charge < -0.3 is 10.1 Å². The van der Waals surface area contributed by atoms with E-state index in [1.807, 2.05) is 48.2 Å². The molecule has 1 amide bonds. The maximum atomic E-state index is 12.5. The topological polar surface area (TPSA) is 71.8 Å². The summed E-state index contributed by atoms with van der Waals surface area (Å²) in [6.45, 7) is 5.22. The number of fused-ring (bicyclic) bond motifs is 1. The lowest BCUT2D eigenvalue weighted by molar-refractivity contribution is 0.0374. The lowest BCUT2D eigenvalue weighted by Crippen LogP contribution is -2.38. The molecule has 0 bridgehead atoms. The zero-order valence-electron chi connectivity index (χ0n) is 17.7. The summed E-state index contributed by atoms with van der Waals surface area (Å²) in [4.78, 5) is 20.3. The van der Waals surface area contributed by atoms with Gasteiger partial charge in [-0.15, -0.1) is 11.3 Å². The number of amides is 1. The molecule has 164 valence electrons. The number of thiophene rings is 1. The molecule has 4 heterocycles. The molecule has 5 rings (SSSR count). The van der Waals surface area contributed by atoms with Gasteiger partial charge in [0.05, 0.1) is 24.3 Å². The Morgan fingerprint density at radius 1 is 1.09 bits per heavy atom. The average Bonchev–Trinajstić information content (AvgIpc) is 3.50. The molecular formula is C24H25N5O2S. The van der Waals surface area contributed by atoms with Crippen molar-refractivity contribution in [3.8, 4) is 22.3 Å². The molecule has 0 saturated carbocycles. The van der Waals surface area contributed by atoms with Gasteiger partial charge in [0.25, 0.3) is 5.91 Å². The molecule has 4 aromatic rings. The predicted octanol–water partition coefficient (Wildman–Crippen LogP) is 3.58. The van der Waals surface area contributed by atoms with Crippen molar-refractivity contribution in [2.75, 3.05) is 39.4 Å². The van der Waals surface area contributed by atoms with Crippen LogP contribution in [0.25, 0.3) is 27.9 Å². The standard InChI is InChI=1S/C24H25N5O2S/c30-24(25-7-4-8-28-9-11-31-12-10-28)22-13-19(17-32-22)20-14-26-23-21(15-27-29(23)16-20)18-5-2-1-3-6-18/h1-3,5-6,13-17H,4,7-12H2,(H,25,30). The summed E-state index contributed by atoms with van der Waals surface area (Å²) in [6.07, 6.45) is 6.58. The number of ether oxygens (including phenoxy) is 1. The largest absolute Gasteiger partial charge is 0.379 e. The second-order valence-electron chi connectivity index (χ2n) is 7.80. The summed E-state index contributed by atoms with van der Waals surface area (Å²) >= 11 is 1.45. The molecule has 1 N–H and O–H groups in total. The fraction of sp³-hybridized carbons (Fsp3) is 0.292. The van der Waals surface area contributed by atoms with Crippen LogP contribution in [0, 0.1) is 0 Å². The van der Waals surface area contributed by atoms with E-state index >= 15 is 0 Å². The van der Waals surface area contributed by atoms with Crippen molar-refractivity contribution in [2.24, 2.45) is 0 Å². The van der Waals surface area contributed by atoms with Gasteiger partial charge >= 0.3 is 0 Å². The number of hydrogen-bond acceptors (Lipinski definition) is 6. The van der Waals surface area contributed by atoms with Crippen molar-refractivity contribution in [1.82, 2.24) is 24.8 Å². The van der Waals surface area contributed by atoms with Crippen LogP contribution < -0.4 is 5.32 Å². The van der Waals surface area contributed by atoms with E-state index < -0.39 is 0 Å². The highest BCUT2D eigenvalue weighted by molar-refractivity contribution is 7.12. The van der Waals surface area contributed by atoms with Crippen LogP contribution in [0.15, 0.2) is 60.4 Å². The number of aromatic nitrogens is 3. The Hall–Kier alpha value is -3.07. The fourth-order valence-corrected chi connectivity index (χ4v) is 4.70. The third kappa shape index (κ3) is 4.57. The summed E-state index contributed by atoms with van der Waals surface area (Å²) in [5.41, 5.74) is 4.81. The number of benzene rings is 1. The Balaban J connectivity index is 1.22. The van der Waals surface area contributed by atoms with Gasteiger partial charge in [-0.3, -0.25) is 9.69 Å². The molecule has 0 radical (unpaired) electrons. The molecule has 0 aliphatic carbocycles. The fourth-order valence-electron chi connectivity index (χ4n) is 3.87. The monoisotopic (exact) mass is 447 g/mol. The van der Waals surface area contributed by atoms with E-state index in [4.69, 9.17) is 4.74 Å². The van der Waals surface area contributed by atoms with Gasteiger partial charge in [0.15, 0.2) is 5.65 Å². The zero-order valence-corrected chi connectivity index (χ0v) is 18.6. The minimum Gasteiger partial charge on any atom is -0.379 e. The van der Waals surface area contributed by atoms with Gasteiger partial charge in [-0.05, 0) is 35.5 Å². The molecule has 0 unspecified atom stereocenters. The highest BCUT2D eigenvalue weighted by atomic mass is 32.1. The van der Waals surface area contributed by atoms with Crippen molar-refractivity contribution in [1.29, 1.82) is 0 Å². The van der Waals surface area contributed by atoms with Gasteiger partial charge in [0, 0.05) is 43.2 Å². The number of carbonyl (C=O) groups excluding carboxylic acids is 1. The molecule has 1 saturated heterocycles. The van der Waals surface area contributed by atoms with Gasteiger partial charge in [-0.1, -0.05) is 30.3 Å². The summed E-state index contributed by atoms with van der Waals surface area (Å²) in [5, 5.41) is 9.51. The normalized spacial score (nSPS) is 14.6. The van der Waals surface area contributed by atoms with Crippen LogP contribution in [0.1, 0.15) is 16.1 Å². The number of carbonyl (C=O) groups is 1. The van der Waals surface area contributed by atoms with E-state index in [1.165, 1.54) is 11.3 Å². The first-order valence-corrected chi connectivity index (χ1v) is 11.7. The quantitative estimate of drug-likeness (QED) is 0.439. The number of nitrogens with zero attached hydrogens (tertiary/aromatic N) is 4. The van der Waals surface area contributed by atoms with Gasteiger partial charge in [0.2, 0.25) is 0 Å². The predicted molar refractivity (Wildman–Crippen MR) is 126 cm³/mol. The SMILES string of the molecule is O=C(NCCCN1CCOCC1)c1cc(-c2cnc3c(-c4ccccc4)cnn3c2)cs1. The molecule has 1 aromatic carbocycles. The summed E-state index contributed by atoms with van der Waals surface area (Å²) in [5.74, 6) is -0.0253. The van der Waals surface area contributed by atoms with Crippen LogP contribution >= 0.6 is 11.3 Å². The van der Waals surface area contributed by atoms with Crippen molar-refractivity contribution in [2.45, 2.75) is 6.42 Å². The first-order chi connectivity index (χ1) is 15.8. The number of rotatable bonds is 7. The Kier molecular flexibility index (Phi) is 6.24. The lowest BCUT2D eigenvalue weighted by Gasteiger charge is -2.26. The molecule has 1 fully saturated rings. The molecule has 0 atom stereocenters. The minimum absolute atomic E-state index is 0.0253. The first kappa shape index (κ1) is 20.8. The Bertz CT molecular complexity index is 1200. The maximum Gasteiger partial charge on any atom is 0.261 e. The van der Waals surface area contributed by atoms with Crippen LogP contribution in [0.5, 0.6) is 0 Å². The highest BCUT2D eigenvalue weighted by Gasteiger charge is 2.14. The van der Waals surface area contributed by atoms with Crippen molar-refractivity contribution < 1.29 is 9.53 Å². The van der Waals surface area contributed by atoms with Crippen molar-refractivity contribution in [3.63, 3.8) is 0 Å². The zero-order chi connectivity index (χ0) is 21.8. The Labute approximate surface area is 190 Å². The summed E-state index contributed by atoms with van der Waals surface area (Å²) in [6, 6.07) is 12.0. The van der Waals surface area contributed by atoms with Crippen LogP contribution in [-0.4, -0.2) is 64.8 Å². The molecule has 7 nitrogen and oxygen atoms in total. The van der Waals surface area contributed by atoms with Gasteiger partial charge in [0.1, 0.15) is 0 Å². The van der Waals surface area contributed by atoms with Gasteiger partial charge in [-0.25, -0.2) is 9.50 Å². The molecule has 1 aliphatic rings. The van der Waals surface area contributed by atoms with E-state index in [9.17, 15) is 4.79 Å². The molecule has 3 aromatic heterocycles. The number of hydrogen-bond donors (Lipinski definition) is 1. The van der Waals surface area contributed by atoms with E-state index in [2.05, 4.69) is 32.4 Å². The maximum absolute atomic E-state index is 12.5. The second kappa shape index (κ2) is 9.60. The third-order valence-electron chi connectivity index (χ3n) is 5.64. The Morgan fingerprint density at radius 2 is 1.94 bits per heavy atom. The minimum atomic E-state index is -0.0253. The van der Waals surface area contributed by atoms with E-state index in [0.717, 1.165) is 67.2 Å². The molecule has 8 heteroatoms. The smallest absolute Gasteiger partial charge is 0.261 e. The molecular weight excluding hydrogens is 422 g/mol. The molecule has 32 heavy (non-hydrogen) atoms. The molecule has 1 aliphatic heterocycles. The second-order valence-corrected chi connectivity index (χ2v) is 8.71. The summed E-state index contributed by atoms with van der Waals surface area (Å²) in [7, 11) is 0. The summed E-state index contributed by atoms with van der Waals surface area (Å²) < 4.78 is 7.16. The molecule has 0 spiro atoms. The lowest BCUT2D eigenvalue weighted by atomic mass is 10.1. The Morgan fingerprint density at radius 3 is 2.78 bits per heavy atom.